The standard InChI is InChI=1S/C26H32N4O3S/c1-18(2)21-10-12-23(13-11-21)27-26(31)22-14-16-29(17-15-22)34(32,33)25-19(3)28-30(20(25)4)24-8-6-5-7-9-24/h5-13,18,22H,14-17H2,1-4H3,(H,27,31). The van der Waals surface area contributed by atoms with Gasteiger partial charge in [-0.3, -0.25) is 4.79 Å². The first kappa shape index (κ1) is 24.2. The molecule has 1 N–H and O–H groups in total. The molecule has 8 heteroatoms. The monoisotopic (exact) mass is 480 g/mol. The van der Waals surface area contributed by atoms with Gasteiger partial charge in [0.25, 0.3) is 0 Å². The number of rotatable bonds is 6. The Hall–Kier alpha value is -2.97. The number of aryl methyl sites for hydroxylation is 1. The number of benzene rings is 2. The Kier molecular flexibility index (Phi) is 6.91. The van der Waals surface area contributed by atoms with Crippen molar-refractivity contribution in [2.45, 2.75) is 51.3 Å². The van der Waals surface area contributed by atoms with Crippen LogP contribution in [0.5, 0.6) is 0 Å². The van der Waals surface area contributed by atoms with Crippen molar-refractivity contribution in [2.24, 2.45) is 5.92 Å². The van der Waals surface area contributed by atoms with Gasteiger partial charge in [-0.1, -0.05) is 44.2 Å². The average Bonchev–Trinajstić information content (AvgIpc) is 3.14. The fourth-order valence-electron chi connectivity index (χ4n) is 4.51. The molecule has 34 heavy (non-hydrogen) atoms. The number of nitrogens with zero attached hydrogens (tertiary/aromatic N) is 3. The second-order valence-electron chi connectivity index (χ2n) is 9.19. The van der Waals surface area contributed by atoms with Crippen molar-refractivity contribution < 1.29 is 13.2 Å². The number of aromatic nitrogens is 2. The summed E-state index contributed by atoms with van der Waals surface area (Å²) in [6.45, 7) is 8.38. The highest BCUT2D eigenvalue weighted by atomic mass is 32.2. The summed E-state index contributed by atoms with van der Waals surface area (Å²) in [4.78, 5) is 13.0. The molecule has 2 heterocycles. The second kappa shape index (κ2) is 9.72. The normalized spacial score (nSPS) is 15.6. The summed E-state index contributed by atoms with van der Waals surface area (Å²) in [5.74, 6) is 0.159. The van der Waals surface area contributed by atoms with Gasteiger partial charge in [-0.05, 0) is 62.4 Å². The Labute approximate surface area is 201 Å². The van der Waals surface area contributed by atoms with Crippen LogP contribution in [0.3, 0.4) is 0 Å². The molecule has 1 saturated heterocycles. The molecule has 1 fully saturated rings. The lowest BCUT2D eigenvalue weighted by Gasteiger charge is -2.30. The first-order valence-electron chi connectivity index (χ1n) is 11.7. The Morgan fingerprint density at radius 3 is 2.21 bits per heavy atom. The number of sulfonamides is 1. The van der Waals surface area contributed by atoms with Crippen molar-refractivity contribution in [2.75, 3.05) is 18.4 Å². The predicted molar refractivity (Wildman–Crippen MR) is 134 cm³/mol. The van der Waals surface area contributed by atoms with Crippen LogP contribution in [0.1, 0.15) is 49.6 Å². The number of anilines is 1. The van der Waals surface area contributed by atoms with Gasteiger partial charge in [0.05, 0.1) is 17.1 Å². The van der Waals surface area contributed by atoms with Crippen molar-refractivity contribution in [1.29, 1.82) is 0 Å². The molecule has 2 aromatic carbocycles. The summed E-state index contributed by atoms with van der Waals surface area (Å²) >= 11 is 0. The van der Waals surface area contributed by atoms with Gasteiger partial charge < -0.3 is 5.32 Å². The third kappa shape index (κ3) is 4.79. The van der Waals surface area contributed by atoms with E-state index in [0.717, 1.165) is 11.4 Å². The van der Waals surface area contributed by atoms with Crippen molar-refractivity contribution >= 4 is 21.6 Å². The minimum Gasteiger partial charge on any atom is -0.326 e. The lowest BCUT2D eigenvalue weighted by atomic mass is 9.97. The molecule has 1 amide bonds. The topological polar surface area (TPSA) is 84.3 Å². The Bertz CT molecular complexity index is 1260. The highest BCUT2D eigenvalue weighted by Crippen LogP contribution is 2.29. The molecule has 7 nitrogen and oxygen atoms in total. The highest BCUT2D eigenvalue weighted by Gasteiger charge is 2.35. The molecule has 0 spiro atoms. The molecule has 1 aromatic heterocycles. The molecule has 180 valence electrons. The minimum absolute atomic E-state index is 0.0568. The van der Waals surface area contributed by atoms with Crippen LogP contribution in [0.15, 0.2) is 59.5 Å². The summed E-state index contributed by atoms with van der Waals surface area (Å²) < 4.78 is 30.2. The third-order valence-corrected chi connectivity index (χ3v) is 8.64. The molecule has 1 aliphatic heterocycles. The molecule has 0 atom stereocenters. The molecular weight excluding hydrogens is 448 g/mol. The van der Waals surface area contributed by atoms with E-state index in [0.29, 0.717) is 43.2 Å². The fourth-order valence-corrected chi connectivity index (χ4v) is 6.33. The number of carbonyl (C=O) groups excluding carboxylic acids is 1. The maximum atomic E-state index is 13.5. The van der Waals surface area contributed by atoms with Crippen LogP contribution < -0.4 is 5.32 Å². The largest absolute Gasteiger partial charge is 0.326 e. The van der Waals surface area contributed by atoms with Crippen LogP contribution >= 0.6 is 0 Å². The van der Waals surface area contributed by atoms with Crippen LogP contribution in [0.2, 0.25) is 0 Å². The van der Waals surface area contributed by atoms with Crippen LogP contribution in [-0.2, 0) is 14.8 Å². The smallest absolute Gasteiger partial charge is 0.246 e. The van der Waals surface area contributed by atoms with E-state index in [2.05, 4.69) is 24.3 Å². The van der Waals surface area contributed by atoms with Crippen molar-refractivity contribution in [3.8, 4) is 5.69 Å². The molecule has 0 saturated carbocycles. The fraction of sp³-hybridized carbons (Fsp3) is 0.385. The third-order valence-electron chi connectivity index (χ3n) is 6.49. The van der Waals surface area contributed by atoms with E-state index < -0.39 is 10.0 Å². The quantitative estimate of drug-likeness (QED) is 0.557. The van der Waals surface area contributed by atoms with Crippen LogP contribution in [-0.4, -0.2) is 41.5 Å². The van der Waals surface area contributed by atoms with Crippen molar-refractivity contribution in [3.05, 3.63) is 71.5 Å². The number of para-hydroxylation sites is 1. The Morgan fingerprint density at radius 1 is 1.00 bits per heavy atom. The average molecular weight is 481 g/mol. The first-order chi connectivity index (χ1) is 16.2. The molecule has 0 aliphatic carbocycles. The van der Waals surface area contributed by atoms with Crippen LogP contribution in [0.4, 0.5) is 5.69 Å². The van der Waals surface area contributed by atoms with Gasteiger partial charge in [-0.25, -0.2) is 13.1 Å². The van der Waals surface area contributed by atoms with Crippen molar-refractivity contribution in [3.63, 3.8) is 0 Å². The highest BCUT2D eigenvalue weighted by molar-refractivity contribution is 7.89. The van der Waals surface area contributed by atoms with E-state index in [4.69, 9.17) is 0 Å². The second-order valence-corrected chi connectivity index (χ2v) is 11.1. The Balaban J connectivity index is 1.44. The summed E-state index contributed by atoms with van der Waals surface area (Å²) in [5.41, 5.74) is 3.88. The van der Waals surface area contributed by atoms with Gasteiger partial charge in [-0.15, -0.1) is 0 Å². The van der Waals surface area contributed by atoms with Gasteiger partial charge in [0, 0.05) is 24.7 Å². The number of piperidine rings is 1. The lowest BCUT2D eigenvalue weighted by Crippen LogP contribution is -2.41. The summed E-state index contributed by atoms with van der Waals surface area (Å²) in [5, 5.41) is 7.48. The lowest BCUT2D eigenvalue weighted by molar-refractivity contribution is -0.120. The van der Waals surface area contributed by atoms with Crippen molar-refractivity contribution in [1.82, 2.24) is 14.1 Å². The van der Waals surface area contributed by atoms with Gasteiger partial charge in [0.15, 0.2) is 0 Å². The molecule has 1 aliphatic rings. The maximum absolute atomic E-state index is 13.5. The number of amides is 1. The Morgan fingerprint density at radius 2 is 1.62 bits per heavy atom. The van der Waals surface area contributed by atoms with E-state index in [1.165, 1.54) is 9.87 Å². The van der Waals surface area contributed by atoms with E-state index in [-0.39, 0.29) is 16.7 Å². The minimum atomic E-state index is -3.71. The van der Waals surface area contributed by atoms with E-state index in [1.807, 2.05) is 54.6 Å². The molecular formula is C26H32N4O3S. The molecule has 3 aromatic rings. The number of nitrogens with one attached hydrogen (secondary N) is 1. The number of carbonyl (C=O) groups is 1. The van der Waals surface area contributed by atoms with Gasteiger partial charge >= 0.3 is 0 Å². The number of hydrogen-bond donors (Lipinski definition) is 1. The zero-order valence-electron chi connectivity index (χ0n) is 20.2. The SMILES string of the molecule is Cc1nn(-c2ccccc2)c(C)c1S(=O)(=O)N1CCC(C(=O)Nc2ccc(C(C)C)cc2)CC1. The van der Waals surface area contributed by atoms with E-state index in [9.17, 15) is 13.2 Å². The maximum Gasteiger partial charge on any atom is 0.246 e. The van der Waals surface area contributed by atoms with Crippen LogP contribution in [0.25, 0.3) is 5.69 Å². The van der Waals surface area contributed by atoms with Gasteiger partial charge in [0.2, 0.25) is 15.9 Å². The summed E-state index contributed by atoms with van der Waals surface area (Å²) in [6, 6.07) is 17.4. The van der Waals surface area contributed by atoms with Gasteiger partial charge in [0.1, 0.15) is 4.90 Å². The van der Waals surface area contributed by atoms with Gasteiger partial charge in [-0.2, -0.15) is 9.40 Å². The zero-order chi connectivity index (χ0) is 24.5. The first-order valence-corrected chi connectivity index (χ1v) is 13.1. The van der Waals surface area contributed by atoms with Crippen LogP contribution in [0, 0.1) is 19.8 Å². The van der Waals surface area contributed by atoms with E-state index >= 15 is 0 Å². The molecule has 0 radical (unpaired) electrons. The number of hydrogen-bond acceptors (Lipinski definition) is 4. The summed E-state index contributed by atoms with van der Waals surface area (Å²) in [7, 11) is -3.71. The molecule has 0 bridgehead atoms. The molecule has 0 unspecified atom stereocenters. The van der Waals surface area contributed by atoms with E-state index in [1.54, 1.807) is 18.5 Å². The predicted octanol–water partition coefficient (Wildman–Crippen LogP) is 4.65. The zero-order valence-corrected chi connectivity index (χ0v) is 21.0. The summed E-state index contributed by atoms with van der Waals surface area (Å²) in [6.07, 6.45) is 0.972. The molecule has 4 rings (SSSR count).